The summed E-state index contributed by atoms with van der Waals surface area (Å²) in [6.45, 7) is 0. The average molecular weight is 650 g/mol. The third kappa shape index (κ3) is 3.46. The Morgan fingerprint density at radius 3 is 1.88 bits per heavy atom. The maximum absolute atomic E-state index is 2.55. The van der Waals surface area contributed by atoms with E-state index in [-0.39, 0.29) is 0 Å². The fourth-order valence-electron chi connectivity index (χ4n) is 8.91. The molecule has 12 aromatic rings. The van der Waals surface area contributed by atoms with Gasteiger partial charge in [0.2, 0.25) is 0 Å². The first-order valence-corrected chi connectivity index (χ1v) is 18.1. The van der Waals surface area contributed by atoms with E-state index in [4.69, 9.17) is 0 Å². The minimum absolute atomic E-state index is 1.22. The maximum atomic E-state index is 2.55. The number of thiophene rings is 1. The van der Waals surface area contributed by atoms with Crippen LogP contribution in [-0.2, 0) is 0 Å². The van der Waals surface area contributed by atoms with Crippen molar-refractivity contribution >= 4 is 107 Å². The van der Waals surface area contributed by atoms with Crippen LogP contribution in [0.4, 0.5) is 0 Å². The van der Waals surface area contributed by atoms with Crippen LogP contribution in [0.3, 0.4) is 0 Å². The standard InChI is InChI=1S/C48H27NS/c1-2-10-31-26-41-39(25-30(31)9-1)36-22-19-28-11-7-12-29-20-23-38(46(36)45(28)29)47(41)49-42-17-5-3-13-34(42)40-27-32(21-24-43(40)49)33-15-8-16-37-35-14-4-6-18-44(35)50-48(33)37/h1-27H. The highest BCUT2D eigenvalue weighted by Crippen LogP contribution is 2.47. The Morgan fingerprint density at radius 2 is 1.02 bits per heavy atom. The predicted octanol–water partition coefficient (Wildman–Crippen LogP) is 14.0. The molecule has 0 aliphatic rings. The fraction of sp³-hybridized carbons (Fsp3) is 0. The largest absolute Gasteiger partial charge is 0.308 e. The summed E-state index contributed by atoms with van der Waals surface area (Å²) in [4.78, 5) is 0. The number of rotatable bonds is 2. The molecule has 50 heavy (non-hydrogen) atoms. The molecule has 2 heteroatoms. The molecule has 0 atom stereocenters. The molecule has 1 nitrogen and oxygen atoms in total. The molecule has 2 heterocycles. The van der Waals surface area contributed by atoms with Crippen LogP contribution in [0.15, 0.2) is 164 Å². The van der Waals surface area contributed by atoms with E-state index < -0.39 is 0 Å². The van der Waals surface area contributed by atoms with Crippen molar-refractivity contribution in [3.63, 3.8) is 0 Å². The summed E-state index contributed by atoms with van der Waals surface area (Å²) in [5.74, 6) is 0. The Morgan fingerprint density at radius 1 is 0.360 bits per heavy atom. The van der Waals surface area contributed by atoms with Crippen LogP contribution in [0.5, 0.6) is 0 Å². The first kappa shape index (κ1) is 26.7. The summed E-state index contributed by atoms with van der Waals surface area (Å²) in [5.41, 5.74) is 6.25. The van der Waals surface area contributed by atoms with Gasteiger partial charge >= 0.3 is 0 Å². The molecule has 0 unspecified atom stereocenters. The van der Waals surface area contributed by atoms with Crippen molar-refractivity contribution in [3.8, 4) is 16.8 Å². The molecule has 0 aliphatic carbocycles. The lowest BCUT2D eigenvalue weighted by molar-refractivity contribution is 1.22. The zero-order valence-electron chi connectivity index (χ0n) is 26.9. The van der Waals surface area contributed by atoms with Crippen molar-refractivity contribution in [1.82, 2.24) is 4.57 Å². The predicted molar refractivity (Wildman–Crippen MR) is 218 cm³/mol. The number of nitrogens with zero attached hydrogens (tertiary/aromatic N) is 1. The lowest BCUT2D eigenvalue weighted by Crippen LogP contribution is -1.99. The Labute approximate surface area is 291 Å². The van der Waals surface area contributed by atoms with Crippen LogP contribution in [0, 0.1) is 0 Å². The van der Waals surface area contributed by atoms with Gasteiger partial charge in [-0.25, -0.2) is 0 Å². The maximum Gasteiger partial charge on any atom is 0.0619 e. The molecule has 0 aliphatic heterocycles. The van der Waals surface area contributed by atoms with E-state index in [0.717, 1.165) is 0 Å². The van der Waals surface area contributed by atoms with Crippen molar-refractivity contribution in [2.24, 2.45) is 0 Å². The van der Waals surface area contributed by atoms with Crippen LogP contribution in [0.2, 0.25) is 0 Å². The average Bonchev–Trinajstić information content (AvgIpc) is 3.71. The van der Waals surface area contributed by atoms with Gasteiger partial charge in [0, 0.05) is 47.1 Å². The molecule has 0 spiro atoms. The highest BCUT2D eigenvalue weighted by molar-refractivity contribution is 7.26. The van der Waals surface area contributed by atoms with Crippen LogP contribution in [-0.4, -0.2) is 4.57 Å². The van der Waals surface area contributed by atoms with Gasteiger partial charge in [0.15, 0.2) is 0 Å². The van der Waals surface area contributed by atoms with E-state index in [1.807, 2.05) is 11.3 Å². The Kier molecular flexibility index (Phi) is 5.18. The van der Waals surface area contributed by atoms with Crippen molar-refractivity contribution in [2.75, 3.05) is 0 Å². The zero-order chi connectivity index (χ0) is 32.5. The normalized spacial score (nSPS) is 12.4. The van der Waals surface area contributed by atoms with Crippen LogP contribution in [0.25, 0.3) is 113 Å². The Balaban J connectivity index is 1.24. The molecule has 0 saturated heterocycles. The van der Waals surface area contributed by atoms with Crippen LogP contribution in [0.1, 0.15) is 0 Å². The quantitative estimate of drug-likeness (QED) is 0.130. The summed E-state index contributed by atoms with van der Waals surface area (Å²) in [6.07, 6.45) is 0. The van der Waals surface area contributed by atoms with Crippen molar-refractivity contribution in [3.05, 3.63) is 164 Å². The third-order valence-electron chi connectivity index (χ3n) is 11.1. The van der Waals surface area contributed by atoms with E-state index in [9.17, 15) is 0 Å². The molecule has 0 bridgehead atoms. The van der Waals surface area contributed by atoms with Gasteiger partial charge in [0.1, 0.15) is 0 Å². The molecule has 0 saturated carbocycles. The Bertz CT molecular complexity index is 3360. The van der Waals surface area contributed by atoms with Crippen molar-refractivity contribution in [1.29, 1.82) is 0 Å². The monoisotopic (exact) mass is 649 g/mol. The number of hydrogen-bond acceptors (Lipinski definition) is 1. The lowest BCUT2D eigenvalue weighted by atomic mass is 9.88. The summed E-state index contributed by atoms with van der Waals surface area (Å²) in [7, 11) is 0. The molecule has 10 aromatic carbocycles. The molecular weight excluding hydrogens is 623 g/mol. The van der Waals surface area contributed by atoms with Gasteiger partial charge in [-0.3, -0.25) is 0 Å². The molecule has 2 aromatic heterocycles. The number of para-hydroxylation sites is 1. The number of hydrogen-bond donors (Lipinski definition) is 0. The topological polar surface area (TPSA) is 4.93 Å². The number of benzene rings is 10. The molecule has 12 rings (SSSR count). The lowest BCUT2D eigenvalue weighted by Gasteiger charge is -2.20. The highest BCUT2D eigenvalue weighted by Gasteiger charge is 2.22. The van der Waals surface area contributed by atoms with Gasteiger partial charge in [0.05, 0.1) is 16.7 Å². The molecule has 230 valence electrons. The van der Waals surface area contributed by atoms with Gasteiger partial charge in [-0.2, -0.15) is 0 Å². The summed E-state index contributed by atoms with van der Waals surface area (Å²) < 4.78 is 5.24. The summed E-state index contributed by atoms with van der Waals surface area (Å²) in [5, 5.41) is 18.2. The second kappa shape index (κ2) is 9.69. The minimum Gasteiger partial charge on any atom is -0.308 e. The minimum atomic E-state index is 1.22. The first-order valence-electron chi connectivity index (χ1n) is 17.3. The van der Waals surface area contributed by atoms with Gasteiger partial charge in [0.25, 0.3) is 0 Å². The molecule has 0 radical (unpaired) electrons. The Hall–Kier alpha value is -6.22. The smallest absolute Gasteiger partial charge is 0.0619 e. The SMILES string of the molecule is c1ccc2cc3c(cc2c1)c(-n1c2ccccc2c2cc(-c4cccc5c4sc4ccccc45)ccc21)c1ccc2cccc4ccc3c1c24. The molecular formula is C48H27NS. The number of aromatic nitrogens is 1. The molecule has 0 amide bonds. The van der Waals surface area contributed by atoms with Crippen molar-refractivity contribution in [2.45, 2.75) is 0 Å². The van der Waals surface area contributed by atoms with Gasteiger partial charge in [-0.15, -0.1) is 11.3 Å². The summed E-state index contributed by atoms with van der Waals surface area (Å²) in [6, 6.07) is 61.3. The first-order chi connectivity index (χ1) is 24.8. The van der Waals surface area contributed by atoms with E-state index in [2.05, 4.69) is 168 Å². The van der Waals surface area contributed by atoms with Gasteiger partial charge in [-0.1, -0.05) is 127 Å². The van der Waals surface area contributed by atoms with E-state index in [1.165, 1.54) is 113 Å². The summed E-state index contributed by atoms with van der Waals surface area (Å²) >= 11 is 1.90. The van der Waals surface area contributed by atoms with Gasteiger partial charge < -0.3 is 4.57 Å². The fourth-order valence-corrected chi connectivity index (χ4v) is 10.1. The van der Waals surface area contributed by atoms with E-state index in [1.54, 1.807) is 0 Å². The molecule has 0 N–H and O–H groups in total. The second-order valence-corrected chi connectivity index (χ2v) is 14.7. The van der Waals surface area contributed by atoms with Crippen molar-refractivity contribution < 1.29 is 0 Å². The van der Waals surface area contributed by atoms with Crippen LogP contribution >= 0.6 is 11.3 Å². The van der Waals surface area contributed by atoms with E-state index in [0.29, 0.717) is 0 Å². The number of fused-ring (bicyclic) bond motifs is 9. The highest BCUT2D eigenvalue weighted by atomic mass is 32.1. The third-order valence-corrected chi connectivity index (χ3v) is 12.3. The van der Waals surface area contributed by atoms with Gasteiger partial charge in [-0.05, 0) is 85.2 Å². The van der Waals surface area contributed by atoms with E-state index >= 15 is 0 Å². The second-order valence-electron chi connectivity index (χ2n) is 13.6. The molecule has 0 fully saturated rings. The van der Waals surface area contributed by atoms with Crippen LogP contribution < -0.4 is 0 Å². The zero-order valence-corrected chi connectivity index (χ0v) is 27.8.